The SMILES string of the molecule is Cl.O=C(CNCC1CC1)Nc1ccccc1-c1nc2ccccc2[nH]1. The molecule has 6 heteroatoms. The number of imidazole rings is 1. The van der Waals surface area contributed by atoms with Crippen LogP contribution in [0.2, 0.25) is 0 Å². The third kappa shape index (κ3) is 4.18. The zero-order valence-corrected chi connectivity index (χ0v) is 14.6. The Bertz CT molecular complexity index is 839. The lowest BCUT2D eigenvalue weighted by atomic mass is 10.1. The Morgan fingerprint density at radius 2 is 1.88 bits per heavy atom. The number of para-hydroxylation sites is 3. The number of amides is 1. The smallest absolute Gasteiger partial charge is 0.238 e. The van der Waals surface area contributed by atoms with Crippen LogP contribution >= 0.6 is 12.4 Å². The standard InChI is InChI=1S/C19H20N4O.ClH/c24-18(12-20-11-13-9-10-13)21-15-6-2-1-5-14(15)19-22-16-7-3-4-8-17(16)23-19;/h1-8,13,20H,9-12H2,(H,21,24)(H,22,23);1H. The van der Waals surface area contributed by atoms with Gasteiger partial charge in [0.15, 0.2) is 0 Å². The quantitative estimate of drug-likeness (QED) is 0.632. The number of hydrogen-bond donors (Lipinski definition) is 3. The normalized spacial score (nSPS) is 13.4. The predicted molar refractivity (Wildman–Crippen MR) is 103 cm³/mol. The van der Waals surface area contributed by atoms with Gasteiger partial charge in [-0.25, -0.2) is 4.98 Å². The van der Waals surface area contributed by atoms with Gasteiger partial charge in [0.25, 0.3) is 0 Å². The molecule has 5 nitrogen and oxygen atoms in total. The van der Waals surface area contributed by atoms with Crippen LogP contribution < -0.4 is 10.6 Å². The molecule has 3 aromatic rings. The molecule has 1 aliphatic rings. The summed E-state index contributed by atoms with van der Waals surface area (Å²) in [6, 6.07) is 15.6. The molecule has 0 unspecified atom stereocenters. The van der Waals surface area contributed by atoms with E-state index < -0.39 is 0 Å². The first-order chi connectivity index (χ1) is 11.8. The molecule has 1 saturated carbocycles. The highest BCUT2D eigenvalue weighted by molar-refractivity contribution is 5.96. The topological polar surface area (TPSA) is 69.8 Å². The van der Waals surface area contributed by atoms with Crippen molar-refractivity contribution in [3.63, 3.8) is 0 Å². The fourth-order valence-corrected chi connectivity index (χ4v) is 2.79. The van der Waals surface area contributed by atoms with Crippen LogP contribution in [0.1, 0.15) is 12.8 Å². The third-order valence-electron chi connectivity index (χ3n) is 4.26. The van der Waals surface area contributed by atoms with Gasteiger partial charge in [-0.2, -0.15) is 0 Å². The van der Waals surface area contributed by atoms with E-state index in [2.05, 4.69) is 20.6 Å². The fourth-order valence-electron chi connectivity index (χ4n) is 2.79. The number of fused-ring (bicyclic) bond motifs is 1. The maximum absolute atomic E-state index is 12.2. The summed E-state index contributed by atoms with van der Waals surface area (Å²) in [7, 11) is 0. The number of benzene rings is 2. The number of nitrogens with one attached hydrogen (secondary N) is 3. The van der Waals surface area contributed by atoms with E-state index >= 15 is 0 Å². The highest BCUT2D eigenvalue weighted by Gasteiger charge is 2.20. The molecule has 0 saturated heterocycles. The summed E-state index contributed by atoms with van der Waals surface area (Å²) in [4.78, 5) is 20.1. The number of aromatic nitrogens is 2. The van der Waals surface area contributed by atoms with Gasteiger partial charge in [0.1, 0.15) is 5.82 Å². The molecule has 0 radical (unpaired) electrons. The summed E-state index contributed by atoms with van der Waals surface area (Å²) in [5, 5.41) is 6.20. The lowest BCUT2D eigenvalue weighted by Crippen LogP contribution is -2.29. The predicted octanol–water partition coefficient (Wildman–Crippen LogP) is 3.59. The van der Waals surface area contributed by atoms with Crippen LogP contribution in [0.4, 0.5) is 5.69 Å². The summed E-state index contributed by atoms with van der Waals surface area (Å²) in [5.41, 5.74) is 3.57. The number of halogens is 1. The van der Waals surface area contributed by atoms with Gasteiger partial charge in [-0.1, -0.05) is 24.3 Å². The number of carbonyl (C=O) groups is 1. The molecule has 1 aromatic heterocycles. The molecule has 1 heterocycles. The van der Waals surface area contributed by atoms with E-state index in [9.17, 15) is 4.79 Å². The molecule has 130 valence electrons. The average molecular weight is 357 g/mol. The van der Waals surface area contributed by atoms with Crippen LogP contribution in [0.5, 0.6) is 0 Å². The maximum Gasteiger partial charge on any atom is 0.238 e. The monoisotopic (exact) mass is 356 g/mol. The van der Waals surface area contributed by atoms with Gasteiger partial charge in [0, 0.05) is 5.56 Å². The van der Waals surface area contributed by atoms with E-state index in [-0.39, 0.29) is 18.3 Å². The van der Waals surface area contributed by atoms with Crippen LogP contribution in [0.3, 0.4) is 0 Å². The molecule has 25 heavy (non-hydrogen) atoms. The summed E-state index contributed by atoms with van der Waals surface area (Å²) in [6.45, 7) is 1.27. The number of aromatic amines is 1. The Hall–Kier alpha value is -2.37. The number of hydrogen-bond acceptors (Lipinski definition) is 3. The van der Waals surface area contributed by atoms with Gasteiger partial charge in [0.2, 0.25) is 5.91 Å². The van der Waals surface area contributed by atoms with Gasteiger partial charge in [-0.15, -0.1) is 12.4 Å². The Morgan fingerprint density at radius 3 is 2.68 bits per heavy atom. The van der Waals surface area contributed by atoms with Gasteiger partial charge >= 0.3 is 0 Å². The van der Waals surface area contributed by atoms with Gasteiger partial charge in [-0.3, -0.25) is 4.79 Å². The third-order valence-corrected chi connectivity index (χ3v) is 4.26. The van der Waals surface area contributed by atoms with Gasteiger partial charge in [0.05, 0.1) is 23.3 Å². The minimum atomic E-state index is -0.0285. The Labute approximate surface area is 152 Å². The second kappa shape index (κ2) is 7.68. The molecular weight excluding hydrogens is 336 g/mol. The van der Waals surface area contributed by atoms with Gasteiger partial charge < -0.3 is 15.6 Å². The van der Waals surface area contributed by atoms with Crippen LogP contribution in [-0.2, 0) is 4.79 Å². The Morgan fingerprint density at radius 1 is 1.12 bits per heavy atom. The first kappa shape index (κ1) is 17.5. The van der Waals surface area contributed by atoms with Crippen molar-refractivity contribution in [2.24, 2.45) is 5.92 Å². The number of nitrogens with zero attached hydrogens (tertiary/aromatic N) is 1. The minimum absolute atomic E-state index is 0. The molecular formula is C19H21ClN4O. The first-order valence-electron chi connectivity index (χ1n) is 8.34. The zero-order chi connectivity index (χ0) is 16.4. The van der Waals surface area contributed by atoms with Crippen molar-refractivity contribution in [3.05, 3.63) is 48.5 Å². The summed E-state index contributed by atoms with van der Waals surface area (Å²) in [6.07, 6.45) is 2.56. The van der Waals surface area contributed by atoms with Gasteiger partial charge in [-0.05, 0) is 49.6 Å². The number of carbonyl (C=O) groups excluding carboxylic acids is 1. The highest BCUT2D eigenvalue weighted by atomic mass is 35.5. The van der Waals surface area contributed by atoms with Crippen molar-refractivity contribution in [1.82, 2.24) is 15.3 Å². The van der Waals surface area contributed by atoms with E-state index in [4.69, 9.17) is 0 Å². The molecule has 4 rings (SSSR count). The van der Waals surface area contributed by atoms with Crippen molar-refractivity contribution in [2.75, 3.05) is 18.4 Å². The molecule has 1 aliphatic carbocycles. The van der Waals surface area contributed by atoms with Crippen LogP contribution in [0.25, 0.3) is 22.4 Å². The number of H-pyrrole nitrogens is 1. The molecule has 0 aliphatic heterocycles. The van der Waals surface area contributed by atoms with Crippen molar-refractivity contribution in [2.45, 2.75) is 12.8 Å². The number of anilines is 1. The fraction of sp³-hybridized carbons (Fsp3) is 0.263. The second-order valence-electron chi connectivity index (χ2n) is 6.27. The summed E-state index contributed by atoms with van der Waals surface area (Å²) < 4.78 is 0. The van der Waals surface area contributed by atoms with Crippen molar-refractivity contribution < 1.29 is 4.79 Å². The summed E-state index contributed by atoms with van der Waals surface area (Å²) >= 11 is 0. The first-order valence-corrected chi connectivity index (χ1v) is 8.34. The Kier molecular flexibility index (Phi) is 5.36. The van der Waals surface area contributed by atoms with E-state index in [1.54, 1.807) is 0 Å². The molecule has 1 amide bonds. The van der Waals surface area contributed by atoms with E-state index in [1.165, 1.54) is 12.8 Å². The second-order valence-corrected chi connectivity index (χ2v) is 6.27. The van der Waals surface area contributed by atoms with E-state index in [0.717, 1.165) is 40.6 Å². The minimum Gasteiger partial charge on any atom is -0.338 e. The maximum atomic E-state index is 12.2. The largest absolute Gasteiger partial charge is 0.338 e. The molecule has 0 spiro atoms. The lowest BCUT2D eigenvalue weighted by molar-refractivity contribution is -0.115. The molecule has 0 bridgehead atoms. The van der Waals surface area contributed by atoms with Crippen molar-refractivity contribution in [1.29, 1.82) is 0 Å². The lowest BCUT2D eigenvalue weighted by Gasteiger charge is -2.10. The van der Waals surface area contributed by atoms with Crippen LogP contribution in [-0.4, -0.2) is 29.0 Å². The molecule has 0 atom stereocenters. The molecule has 2 aromatic carbocycles. The van der Waals surface area contributed by atoms with E-state index in [1.807, 2.05) is 48.5 Å². The zero-order valence-electron chi connectivity index (χ0n) is 13.8. The van der Waals surface area contributed by atoms with Crippen molar-refractivity contribution >= 4 is 35.0 Å². The Balaban J connectivity index is 0.00000182. The molecule has 1 fully saturated rings. The highest BCUT2D eigenvalue weighted by Crippen LogP contribution is 2.28. The van der Waals surface area contributed by atoms with Crippen LogP contribution in [0, 0.1) is 5.92 Å². The van der Waals surface area contributed by atoms with Crippen molar-refractivity contribution in [3.8, 4) is 11.4 Å². The summed E-state index contributed by atoms with van der Waals surface area (Å²) in [5.74, 6) is 1.50. The molecule has 3 N–H and O–H groups in total. The van der Waals surface area contributed by atoms with Crippen LogP contribution in [0.15, 0.2) is 48.5 Å². The van der Waals surface area contributed by atoms with E-state index in [0.29, 0.717) is 6.54 Å². The number of rotatable bonds is 6. The average Bonchev–Trinajstić information content (AvgIpc) is 3.31.